The van der Waals surface area contributed by atoms with Gasteiger partial charge in [-0.15, -0.1) is 11.6 Å². The molecule has 19 heavy (non-hydrogen) atoms. The lowest BCUT2D eigenvalue weighted by atomic mass is 9.73. The van der Waals surface area contributed by atoms with E-state index >= 15 is 0 Å². The Bertz CT molecular complexity index is 401. The molecule has 1 heteroatoms. The fraction of sp³-hybridized carbons (Fsp3) is 0.667. The van der Waals surface area contributed by atoms with Crippen molar-refractivity contribution in [1.82, 2.24) is 0 Å². The van der Waals surface area contributed by atoms with Crippen molar-refractivity contribution in [3.05, 3.63) is 34.9 Å². The molecule has 0 saturated heterocycles. The van der Waals surface area contributed by atoms with Crippen molar-refractivity contribution in [3.63, 3.8) is 0 Å². The highest BCUT2D eigenvalue weighted by molar-refractivity contribution is 6.20. The molecule has 3 atom stereocenters. The smallest absolute Gasteiger partial charge is 0.0367 e. The van der Waals surface area contributed by atoms with E-state index < -0.39 is 0 Å². The maximum absolute atomic E-state index is 6.61. The summed E-state index contributed by atoms with van der Waals surface area (Å²) in [4.78, 5) is 0. The van der Waals surface area contributed by atoms with Gasteiger partial charge in [0.1, 0.15) is 0 Å². The van der Waals surface area contributed by atoms with E-state index in [0.717, 1.165) is 18.3 Å². The number of alkyl halides is 1. The minimum atomic E-state index is 0.369. The first-order chi connectivity index (χ1) is 8.99. The van der Waals surface area contributed by atoms with Gasteiger partial charge in [-0.3, -0.25) is 0 Å². The van der Waals surface area contributed by atoms with E-state index in [1.54, 1.807) is 0 Å². The van der Waals surface area contributed by atoms with Gasteiger partial charge in [-0.05, 0) is 74.0 Å². The number of halogens is 1. The Morgan fingerprint density at radius 2 is 1.79 bits per heavy atom. The number of hydrogen-bond donors (Lipinski definition) is 0. The molecule has 1 aliphatic rings. The fourth-order valence-corrected chi connectivity index (χ4v) is 3.83. The Morgan fingerprint density at radius 3 is 2.37 bits per heavy atom. The summed E-state index contributed by atoms with van der Waals surface area (Å²) >= 11 is 6.61. The van der Waals surface area contributed by atoms with Crippen LogP contribution in [0.4, 0.5) is 0 Å². The average molecular weight is 279 g/mol. The maximum Gasteiger partial charge on any atom is 0.0367 e. The Labute approximate surface area is 123 Å². The largest absolute Gasteiger partial charge is 0.123 e. The summed E-state index contributed by atoms with van der Waals surface area (Å²) in [5.41, 5.74) is 4.38. The van der Waals surface area contributed by atoms with Crippen LogP contribution in [0.2, 0.25) is 0 Å². The van der Waals surface area contributed by atoms with Crippen molar-refractivity contribution >= 4 is 11.6 Å². The van der Waals surface area contributed by atoms with Crippen LogP contribution >= 0.6 is 11.6 Å². The highest BCUT2D eigenvalue weighted by Crippen LogP contribution is 2.38. The molecular weight excluding hydrogens is 252 g/mol. The molecule has 0 radical (unpaired) electrons. The summed E-state index contributed by atoms with van der Waals surface area (Å²) in [6, 6.07) is 6.62. The molecule has 0 heterocycles. The van der Waals surface area contributed by atoms with Crippen LogP contribution in [0, 0.1) is 31.6 Å². The molecule has 0 bridgehead atoms. The molecule has 0 amide bonds. The van der Waals surface area contributed by atoms with E-state index in [1.807, 2.05) is 0 Å². The summed E-state index contributed by atoms with van der Waals surface area (Å²) < 4.78 is 0. The number of aryl methyl sites for hydroxylation is 2. The highest BCUT2D eigenvalue weighted by Gasteiger charge is 2.31. The van der Waals surface area contributed by atoms with Gasteiger partial charge in [-0.2, -0.15) is 0 Å². The monoisotopic (exact) mass is 278 g/mol. The van der Waals surface area contributed by atoms with Crippen molar-refractivity contribution in [2.75, 3.05) is 0 Å². The van der Waals surface area contributed by atoms with Gasteiger partial charge in [0.15, 0.2) is 0 Å². The Kier molecular flexibility index (Phi) is 4.95. The second-order valence-corrected chi connectivity index (χ2v) is 7.23. The third-order valence-electron chi connectivity index (χ3n) is 4.98. The predicted molar refractivity (Wildman–Crippen MR) is 84.9 cm³/mol. The minimum absolute atomic E-state index is 0.369. The summed E-state index contributed by atoms with van der Waals surface area (Å²) in [5.74, 6) is 2.32. The third-order valence-corrected chi connectivity index (χ3v) is 5.56. The Balaban J connectivity index is 2.12. The van der Waals surface area contributed by atoms with Gasteiger partial charge >= 0.3 is 0 Å². The zero-order valence-electron chi connectivity index (χ0n) is 12.7. The molecular formula is C18H27Cl. The van der Waals surface area contributed by atoms with E-state index in [0.29, 0.717) is 11.3 Å². The van der Waals surface area contributed by atoms with Crippen molar-refractivity contribution in [3.8, 4) is 0 Å². The van der Waals surface area contributed by atoms with Crippen molar-refractivity contribution < 1.29 is 0 Å². The van der Waals surface area contributed by atoms with Crippen LogP contribution in [0.15, 0.2) is 18.2 Å². The average Bonchev–Trinajstić information content (AvgIpc) is 2.35. The predicted octanol–water partition coefficient (Wildman–Crippen LogP) is 5.53. The SMILES string of the molecule is Cc1cccc(C)c1CC1CC(C(C)C)CCC1Cl. The zero-order chi connectivity index (χ0) is 14.0. The highest BCUT2D eigenvalue weighted by atomic mass is 35.5. The molecule has 106 valence electrons. The summed E-state index contributed by atoms with van der Waals surface area (Å²) in [6.07, 6.45) is 4.98. The van der Waals surface area contributed by atoms with Crippen molar-refractivity contribution in [2.45, 2.75) is 58.8 Å². The Hall–Kier alpha value is -0.490. The standard InChI is InChI=1S/C18H27Cl/c1-12(2)15-8-9-18(19)16(10-15)11-17-13(3)6-5-7-14(17)4/h5-7,12,15-16,18H,8-11H2,1-4H3. The molecule has 1 aromatic carbocycles. The molecule has 0 nitrogen and oxygen atoms in total. The molecule has 2 rings (SSSR count). The number of benzene rings is 1. The topological polar surface area (TPSA) is 0 Å². The van der Waals surface area contributed by atoms with Crippen LogP contribution in [0.25, 0.3) is 0 Å². The first kappa shape index (κ1) is 14.9. The van der Waals surface area contributed by atoms with Crippen LogP contribution in [0.3, 0.4) is 0 Å². The quantitative estimate of drug-likeness (QED) is 0.638. The lowest BCUT2D eigenvalue weighted by Gasteiger charge is -2.35. The van der Waals surface area contributed by atoms with Crippen LogP contribution in [-0.4, -0.2) is 5.38 Å². The molecule has 0 N–H and O–H groups in total. The molecule has 0 aromatic heterocycles. The van der Waals surface area contributed by atoms with E-state index in [9.17, 15) is 0 Å². The van der Waals surface area contributed by atoms with Crippen LogP contribution < -0.4 is 0 Å². The van der Waals surface area contributed by atoms with Gasteiger partial charge in [0, 0.05) is 5.38 Å². The Morgan fingerprint density at radius 1 is 1.16 bits per heavy atom. The van der Waals surface area contributed by atoms with Gasteiger partial charge in [-0.25, -0.2) is 0 Å². The number of rotatable bonds is 3. The van der Waals surface area contributed by atoms with Crippen molar-refractivity contribution in [1.29, 1.82) is 0 Å². The van der Waals surface area contributed by atoms with E-state index in [4.69, 9.17) is 11.6 Å². The van der Waals surface area contributed by atoms with Gasteiger partial charge in [0.2, 0.25) is 0 Å². The van der Waals surface area contributed by atoms with E-state index in [-0.39, 0.29) is 0 Å². The van der Waals surface area contributed by atoms with Gasteiger partial charge < -0.3 is 0 Å². The van der Waals surface area contributed by atoms with Gasteiger partial charge in [-0.1, -0.05) is 32.0 Å². The third kappa shape index (κ3) is 3.54. The second-order valence-electron chi connectivity index (χ2n) is 6.67. The molecule has 1 aromatic rings. The maximum atomic E-state index is 6.61. The number of hydrogen-bond acceptors (Lipinski definition) is 0. The minimum Gasteiger partial charge on any atom is -0.123 e. The zero-order valence-corrected chi connectivity index (χ0v) is 13.5. The van der Waals surface area contributed by atoms with Crippen molar-refractivity contribution in [2.24, 2.45) is 17.8 Å². The summed E-state index contributed by atoms with van der Waals surface area (Å²) in [5, 5.41) is 0.369. The molecule has 1 aliphatic carbocycles. The van der Waals surface area contributed by atoms with E-state index in [1.165, 1.54) is 36.0 Å². The van der Waals surface area contributed by atoms with Gasteiger partial charge in [0.05, 0.1) is 0 Å². The first-order valence-corrected chi connectivity index (χ1v) is 8.11. The van der Waals surface area contributed by atoms with Gasteiger partial charge in [0.25, 0.3) is 0 Å². The fourth-order valence-electron chi connectivity index (χ4n) is 3.51. The molecule has 3 unspecified atom stereocenters. The molecule has 1 saturated carbocycles. The van der Waals surface area contributed by atoms with Crippen LogP contribution in [0.5, 0.6) is 0 Å². The van der Waals surface area contributed by atoms with E-state index in [2.05, 4.69) is 45.9 Å². The normalized spacial score (nSPS) is 27.8. The van der Waals surface area contributed by atoms with Crippen LogP contribution in [0.1, 0.15) is 49.8 Å². The molecule has 1 fully saturated rings. The molecule has 0 spiro atoms. The van der Waals surface area contributed by atoms with Crippen LogP contribution in [-0.2, 0) is 6.42 Å². The summed E-state index contributed by atoms with van der Waals surface area (Å²) in [7, 11) is 0. The second kappa shape index (κ2) is 6.31. The molecule has 0 aliphatic heterocycles. The first-order valence-electron chi connectivity index (χ1n) is 7.68. The lowest BCUT2D eigenvalue weighted by molar-refractivity contribution is 0.218. The summed E-state index contributed by atoms with van der Waals surface area (Å²) in [6.45, 7) is 9.17. The lowest BCUT2D eigenvalue weighted by Crippen LogP contribution is -2.29.